The summed E-state index contributed by atoms with van der Waals surface area (Å²) >= 11 is 0. The first-order valence-corrected chi connectivity index (χ1v) is 12.5. The van der Waals surface area contributed by atoms with Gasteiger partial charge in [0.2, 0.25) is 0 Å². The quantitative estimate of drug-likeness (QED) is 0.403. The maximum absolute atomic E-state index is 14.3. The van der Waals surface area contributed by atoms with Crippen LogP contribution in [0.15, 0.2) is 48.7 Å². The molecule has 2 amide bonds. The number of halogens is 1. The first-order chi connectivity index (χ1) is 16.8. The summed E-state index contributed by atoms with van der Waals surface area (Å²) in [7, 11) is 0. The predicted octanol–water partition coefficient (Wildman–Crippen LogP) is 5.52. The number of allylic oxidation sites excluding steroid dienone is 1. The van der Waals surface area contributed by atoms with Crippen LogP contribution in [0.5, 0.6) is 5.75 Å². The molecule has 1 aliphatic carbocycles. The van der Waals surface area contributed by atoms with E-state index in [1.807, 2.05) is 30.9 Å². The highest BCUT2D eigenvalue weighted by atomic mass is 19.1. The smallest absolute Gasteiger partial charge is 0.320 e. The van der Waals surface area contributed by atoms with Crippen molar-refractivity contribution in [3.05, 3.63) is 71.2 Å². The number of hydrogen-bond donors (Lipinski definition) is 2. The van der Waals surface area contributed by atoms with Crippen LogP contribution in [0.2, 0.25) is 0 Å². The Kier molecular flexibility index (Phi) is 7.24. The first kappa shape index (κ1) is 24.9. The Balaban J connectivity index is 1.49. The lowest BCUT2D eigenvalue weighted by Gasteiger charge is -2.42. The van der Waals surface area contributed by atoms with E-state index in [1.165, 1.54) is 29.3 Å². The van der Waals surface area contributed by atoms with Gasteiger partial charge in [0.25, 0.3) is 0 Å². The van der Waals surface area contributed by atoms with Crippen molar-refractivity contribution < 1.29 is 19.0 Å². The monoisotopic (exact) mass is 481 g/mol. The van der Waals surface area contributed by atoms with Gasteiger partial charge in [-0.3, -0.25) is 0 Å². The Labute approximate surface area is 207 Å². The van der Waals surface area contributed by atoms with Gasteiger partial charge in [-0.2, -0.15) is 0 Å². The number of carbonyl (C=O) groups is 1. The van der Waals surface area contributed by atoms with Crippen molar-refractivity contribution >= 4 is 11.7 Å². The van der Waals surface area contributed by atoms with E-state index in [9.17, 15) is 14.3 Å². The van der Waals surface area contributed by atoms with Gasteiger partial charge in [-0.1, -0.05) is 24.8 Å². The molecule has 0 saturated carbocycles. The Morgan fingerprint density at radius 1 is 1.26 bits per heavy atom. The fraction of sp³-hybridized carbons (Fsp3) is 0.464. The van der Waals surface area contributed by atoms with Crippen LogP contribution in [0.1, 0.15) is 62.1 Å². The zero-order valence-electron chi connectivity index (χ0n) is 20.7. The van der Waals surface area contributed by atoms with Crippen LogP contribution in [-0.2, 0) is 16.7 Å². The molecule has 3 N–H and O–H groups in total. The minimum atomic E-state index is -0.508. The molecular weight excluding hydrogens is 445 g/mol. The lowest BCUT2D eigenvalue weighted by atomic mass is 9.72. The number of piperidine rings is 1. The number of likely N-dealkylation sites (tertiary alicyclic amines) is 1. The number of aromatic hydroxyl groups is 1. The maximum Gasteiger partial charge on any atom is 0.320 e. The highest BCUT2D eigenvalue weighted by Gasteiger charge is 2.47. The van der Waals surface area contributed by atoms with E-state index >= 15 is 0 Å². The summed E-state index contributed by atoms with van der Waals surface area (Å²) in [6.07, 6.45) is 3.37. The number of amides is 2. The highest BCUT2D eigenvalue weighted by Crippen LogP contribution is 2.55. The van der Waals surface area contributed by atoms with Crippen LogP contribution in [0.3, 0.4) is 0 Å². The molecule has 7 heteroatoms. The topological polar surface area (TPSA) is 79.0 Å². The van der Waals surface area contributed by atoms with E-state index in [4.69, 9.17) is 10.5 Å². The number of nitrogens with two attached hydrogens (primary N) is 1. The lowest BCUT2D eigenvalue weighted by molar-refractivity contribution is 0.121. The van der Waals surface area contributed by atoms with Gasteiger partial charge in [0.05, 0.1) is 18.9 Å². The van der Waals surface area contributed by atoms with Crippen molar-refractivity contribution in [2.75, 3.05) is 32.0 Å². The summed E-state index contributed by atoms with van der Waals surface area (Å²) in [4.78, 5) is 16.8. The number of fused-ring (bicyclic) bond motifs is 2. The van der Waals surface area contributed by atoms with Gasteiger partial charge in [-0.15, -0.1) is 0 Å². The molecule has 188 valence electrons. The maximum atomic E-state index is 14.3. The lowest BCUT2D eigenvalue weighted by Crippen LogP contribution is -2.49. The molecule has 35 heavy (non-hydrogen) atoms. The van der Waals surface area contributed by atoms with Crippen molar-refractivity contribution in [1.82, 2.24) is 9.80 Å². The van der Waals surface area contributed by atoms with E-state index < -0.39 is 5.82 Å². The molecule has 2 aliphatic rings. The minimum absolute atomic E-state index is 0.0346. The summed E-state index contributed by atoms with van der Waals surface area (Å²) < 4.78 is 19.9. The molecule has 0 radical (unpaired) electrons. The average molecular weight is 482 g/mol. The third-order valence-corrected chi connectivity index (χ3v) is 7.65. The number of benzene rings is 2. The van der Waals surface area contributed by atoms with E-state index in [1.54, 1.807) is 4.90 Å². The largest absolute Gasteiger partial charge is 0.507 e. The number of phenolic OH excluding ortho intramolecular Hbond substituents is 1. The second-order valence-electron chi connectivity index (χ2n) is 9.69. The predicted molar refractivity (Wildman–Crippen MR) is 136 cm³/mol. The van der Waals surface area contributed by atoms with Crippen molar-refractivity contribution in [2.45, 2.75) is 57.4 Å². The molecule has 1 atom stereocenters. The van der Waals surface area contributed by atoms with Crippen molar-refractivity contribution in [2.24, 2.45) is 0 Å². The molecule has 1 spiro atoms. The van der Waals surface area contributed by atoms with Gasteiger partial charge >= 0.3 is 6.03 Å². The van der Waals surface area contributed by atoms with E-state index in [0.29, 0.717) is 32.2 Å². The molecule has 4 rings (SSSR count). The van der Waals surface area contributed by atoms with E-state index in [2.05, 4.69) is 12.6 Å². The number of hydrogen-bond acceptors (Lipinski definition) is 4. The second-order valence-corrected chi connectivity index (χ2v) is 9.69. The summed E-state index contributed by atoms with van der Waals surface area (Å²) in [5.74, 6) is 0.453. The number of urea groups is 1. The van der Waals surface area contributed by atoms with Crippen LogP contribution in [0, 0.1) is 5.82 Å². The number of carbonyl (C=O) groups excluding carboxylic acids is 1. The third kappa shape index (κ3) is 4.81. The molecule has 1 fully saturated rings. The molecule has 2 aromatic rings. The summed E-state index contributed by atoms with van der Waals surface area (Å²) in [6, 6.07) is 10.2. The van der Waals surface area contributed by atoms with Crippen LogP contribution >= 0.6 is 0 Å². The normalized spacial score (nSPS) is 18.4. The molecule has 1 unspecified atom stereocenters. The Morgan fingerprint density at radius 2 is 1.97 bits per heavy atom. The number of nitrogen functional groups attached to an aromatic ring is 1. The van der Waals surface area contributed by atoms with Gasteiger partial charge in [0.1, 0.15) is 11.6 Å². The van der Waals surface area contributed by atoms with Gasteiger partial charge < -0.3 is 25.4 Å². The van der Waals surface area contributed by atoms with Crippen LogP contribution in [0.4, 0.5) is 14.9 Å². The number of anilines is 1. The number of rotatable bonds is 7. The van der Waals surface area contributed by atoms with Gasteiger partial charge in [0, 0.05) is 42.7 Å². The van der Waals surface area contributed by atoms with Gasteiger partial charge in [-0.25, -0.2) is 9.18 Å². The molecule has 1 heterocycles. The summed E-state index contributed by atoms with van der Waals surface area (Å²) in [5, 5.41) is 10.1. The molecule has 1 saturated heterocycles. The standard InChI is InChI=1S/C28H36FN3O3/c1-4-31(18-22-23(29)9-7-11-25(22)33)27(34)32-14-12-28(13-15-32)17-20(16-19(3)35-5-2)21-8-6-10-24(30)26(21)28/h6-11,20,33H,3-5,12-18,30H2,1-2H3. The highest BCUT2D eigenvalue weighted by molar-refractivity contribution is 5.75. The second kappa shape index (κ2) is 10.2. The zero-order valence-corrected chi connectivity index (χ0v) is 20.7. The average Bonchev–Trinajstić information content (AvgIpc) is 3.13. The SMILES string of the molecule is C=C(CC1CC2(CCN(C(=O)N(CC)Cc3c(O)cccc3F)CC2)c2c(N)cccc21)OCC. The van der Waals surface area contributed by atoms with Gasteiger partial charge in [-0.05, 0) is 68.4 Å². The van der Waals surface area contributed by atoms with E-state index in [0.717, 1.165) is 37.1 Å². The number of ether oxygens (including phenoxy) is 1. The Bertz CT molecular complexity index is 1070. The molecule has 0 bridgehead atoms. The summed E-state index contributed by atoms with van der Waals surface area (Å²) in [5.41, 5.74) is 9.89. The van der Waals surface area contributed by atoms with Crippen molar-refractivity contribution in [3.63, 3.8) is 0 Å². The Hall–Kier alpha value is -3.22. The fourth-order valence-corrected chi connectivity index (χ4v) is 5.93. The number of phenols is 1. The zero-order chi connectivity index (χ0) is 25.2. The molecule has 6 nitrogen and oxygen atoms in total. The van der Waals surface area contributed by atoms with Crippen molar-refractivity contribution in [1.29, 1.82) is 0 Å². The van der Waals surface area contributed by atoms with Crippen molar-refractivity contribution in [3.8, 4) is 5.75 Å². The minimum Gasteiger partial charge on any atom is -0.507 e. The van der Waals surface area contributed by atoms with Crippen LogP contribution in [0.25, 0.3) is 0 Å². The molecule has 0 aromatic heterocycles. The number of nitrogens with zero attached hydrogens (tertiary/aromatic N) is 2. The summed E-state index contributed by atoms with van der Waals surface area (Å²) in [6.45, 7) is 10.2. The first-order valence-electron chi connectivity index (χ1n) is 12.5. The third-order valence-electron chi connectivity index (χ3n) is 7.65. The Morgan fingerprint density at radius 3 is 2.63 bits per heavy atom. The fourth-order valence-electron chi connectivity index (χ4n) is 5.93. The van der Waals surface area contributed by atoms with Gasteiger partial charge in [0.15, 0.2) is 0 Å². The molecule has 1 aliphatic heterocycles. The van der Waals surface area contributed by atoms with Crippen LogP contribution < -0.4 is 5.73 Å². The molecule has 2 aromatic carbocycles. The molecular formula is C28H36FN3O3. The van der Waals surface area contributed by atoms with E-state index in [-0.39, 0.29) is 29.3 Å². The van der Waals surface area contributed by atoms with Crippen LogP contribution in [-0.4, -0.2) is 47.2 Å².